The van der Waals surface area contributed by atoms with Gasteiger partial charge in [-0.15, -0.1) is 0 Å². The molecule has 0 spiro atoms. The fourth-order valence-corrected chi connectivity index (χ4v) is 2.36. The molecule has 0 saturated heterocycles. The molecule has 0 aliphatic carbocycles. The topological polar surface area (TPSA) is 62.7 Å². The minimum atomic E-state index is -0.326. The third-order valence-electron chi connectivity index (χ3n) is 3.57. The Balaban J connectivity index is 1.93. The smallest absolute Gasteiger partial charge is 0.272 e. The van der Waals surface area contributed by atoms with Crippen LogP contribution >= 0.6 is 0 Å². The van der Waals surface area contributed by atoms with E-state index in [0.717, 1.165) is 16.9 Å². The summed E-state index contributed by atoms with van der Waals surface area (Å²) in [6, 6.07) is 6.00. The fourth-order valence-electron chi connectivity index (χ4n) is 2.36. The average molecular weight is 286 g/mol. The van der Waals surface area contributed by atoms with Gasteiger partial charge in [-0.3, -0.25) is 9.48 Å². The second kappa shape index (κ2) is 4.73. The molecule has 0 bridgehead atoms. The number of nitrogens with zero attached hydrogens (tertiary/aromatic N) is 2. The van der Waals surface area contributed by atoms with Crippen LogP contribution in [-0.4, -0.2) is 20.7 Å². The second-order valence-electron chi connectivity index (χ2n) is 5.04. The first kappa shape index (κ1) is 13.4. The van der Waals surface area contributed by atoms with Gasteiger partial charge in [-0.25, -0.2) is 4.39 Å². The van der Waals surface area contributed by atoms with Gasteiger partial charge in [0.25, 0.3) is 5.91 Å². The number of nitrogens with one attached hydrogen (secondary N) is 2. The van der Waals surface area contributed by atoms with Crippen molar-refractivity contribution in [3.8, 4) is 0 Å². The Morgan fingerprint density at radius 2 is 2.10 bits per heavy atom. The molecule has 0 fully saturated rings. The van der Waals surface area contributed by atoms with Gasteiger partial charge in [0, 0.05) is 18.0 Å². The van der Waals surface area contributed by atoms with Gasteiger partial charge in [-0.1, -0.05) is 0 Å². The normalized spacial score (nSPS) is 11.0. The highest BCUT2D eigenvalue weighted by Crippen LogP contribution is 2.21. The molecule has 0 radical (unpaired) electrons. The van der Waals surface area contributed by atoms with Gasteiger partial charge < -0.3 is 10.3 Å². The highest BCUT2D eigenvalue weighted by molar-refractivity contribution is 6.06. The molecular weight excluding hydrogens is 271 g/mol. The molecule has 3 aromatic rings. The maximum Gasteiger partial charge on any atom is 0.272 e. The van der Waals surface area contributed by atoms with Crippen molar-refractivity contribution in [3.63, 3.8) is 0 Å². The van der Waals surface area contributed by atoms with Crippen LogP contribution in [0.2, 0.25) is 0 Å². The molecule has 108 valence electrons. The first-order valence-electron chi connectivity index (χ1n) is 6.55. The summed E-state index contributed by atoms with van der Waals surface area (Å²) in [5.41, 5.74) is 3.44. The molecule has 2 N–H and O–H groups in total. The predicted octanol–water partition coefficient (Wildman–Crippen LogP) is 2.91. The first-order valence-corrected chi connectivity index (χ1v) is 6.55. The lowest BCUT2D eigenvalue weighted by atomic mass is 10.2. The van der Waals surface area contributed by atoms with Crippen molar-refractivity contribution in [2.45, 2.75) is 13.8 Å². The summed E-state index contributed by atoms with van der Waals surface area (Å²) in [6.45, 7) is 3.72. The number of rotatable bonds is 2. The van der Waals surface area contributed by atoms with E-state index in [2.05, 4.69) is 15.4 Å². The molecule has 0 saturated carbocycles. The molecule has 0 aliphatic rings. The van der Waals surface area contributed by atoms with E-state index in [0.29, 0.717) is 16.8 Å². The number of hydrogen-bond acceptors (Lipinski definition) is 2. The van der Waals surface area contributed by atoms with Gasteiger partial charge in [-0.2, -0.15) is 5.10 Å². The Morgan fingerprint density at radius 3 is 2.76 bits per heavy atom. The van der Waals surface area contributed by atoms with Crippen molar-refractivity contribution in [3.05, 3.63) is 47.2 Å². The Labute approximate surface area is 120 Å². The zero-order valence-corrected chi connectivity index (χ0v) is 12.0. The number of H-pyrrole nitrogens is 1. The van der Waals surface area contributed by atoms with Crippen LogP contribution in [0.15, 0.2) is 24.3 Å². The molecule has 5 nitrogen and oxygen atoms in total. The monoisotopic (exact) mass is 286 g/mol. The van der Waals surface area contributed by atoms with E-state index >= 15 is 0 Å². The fraction of sp³-hybridized carbons (Fsp3) is 0.200. The van der Waals surface area contributed by atoms with E-state index in [1.54, 1.807) is 16.8 Å². The second-order valence-corrected chi connectivity index (χ2v) is 5.04. The average Bonchev–Trinajstić information content (AvgIpc) is 2.95. The van der Waals surface area contributed by atoms with Crippen molar-refractivity contribution >= 4 is 22.5 Å². The van der Waals surface area contributed by atoms with E-state index in [4.69, 9.17) is 0 Å². The van der Waals surface area contributed by atoms with E-state index in [9.17, 15) is 9.18 Å². The summed E-state index contributed by atoms with van der Waals surface area (Å²) in [5, 5.41) is 7.76. The highest BCUT2D eigenvalue weighted by Gasteiger charge is 2.15. The third kappa shape index (κ3) is 2.29. The molecular formula is C15H15FN4O. The van der Waals surface area contributed by atoms with Crippen LogP contribution in [0.4, 0.5) is 10.1 Å². The predicted molar refractivity (Wildman–Crippen MR) is 78.9 cm³/mol. The van der Waals surface area contributed by atoms with Crippen LogP contribution < -0.4 is 5.32 Å². The highest BCUT2D eigenvalue weighted by atomic mass is 19.1. The number of carbonyl (C=O) groups is 1. The summed E-state index contributed by atoms with van der Waals surface area (Å²) in [5.74, 6) is -0.599. The van der Waals surface area contributed by atoms with Crippen LogP contribution in [0.3, 0.4) is 0 Å². The summed E-state index contributed by atoms with van der Waals surface area (Å²) in [7, 11) is 1.82. The Morgan fingerprint density at radius 1 is 1.33 bits per heavy atom. The van der Waals surface area contributed by atoms with Crippen molar-refractivity contribution in [2.75, 3.05) is 5.32 Å². The van der Waals surface area contributed by atoms with Crippen molar-refractivity contribution in [1.29, 1.82) is 0 Å². The maximum absolute atomic E-state index is 13.2. The van der Waals surface area contributed by atoms with Crippen molar-refractivity contribution in [2.24, 2.45) is 7.05 Å². The Bertz CT molecular complexity index is 847. The molecule has 0 unspecified atom stereocenters. The summed E-state index contributed by atoms with van der Waals surface area (Å²) >= 11 is 0. The summed E-state index contributed by atoms with van der Waals surface area (Å²) in [6.07, 6.45) is 0. The maximum atomic E-state index is 13.2. The molecule has 1 aromatic carbocycles. The molecule has 0 atom stereocenters. The standard InChI is InChI=1S/C15H15FN4O/c1-8-14(9(2)20(3)19-8)18-15(21)13-7-10-6-11(16)4-5-12(10)17-13/h4-7,17H,1-3H3,(H,18,21). The lowest BCUT2D eigenvalue weighted by Gasteiger charge is -2.03. The number of aromatic amines is 1. The van der Waals surface area contributed by atoms with Gasteiger partial charge in [-0.05, 0) is 38.1 Å². The SMILES string of the molecule is Cc1nn(C)c(C)c1NC(=O)c1cc2cc(F)ccc2[nH]1. The minimum Gasteiger partial charge on any atom is -0.351 e. The number of halogens is 1. The van der Waals surface area contributed by atoms with Crippen LogP contribution in [0.1, 0.15) is 21.9 Å². The summed E-state index contributed by atoms with van der Waals surface area (Å²) in [4.78, 5) is 15.3. The molecule has 6 heteroatoms. The number of fused-ring (bicyclic) bond motifs is 1. The number of hydrogen-bond donors (Lipinski definition) is 2. The van der Waals surface area contributed by atoms with Crippen LogP contribution in [0.25, 0.3) is 10.9 Å². The number of carbonyl (C=O) groups excluding carboxylic acids is 1. The van der Waals surface area contributed by atoms with E-state index in [-0.39, 0.29) is 11.7 Å². The number of benzene rings is 1. The Hall–Kier alpha value is -2.63. The third-order valence-corrected chi connectivity index (χ3v) is 3.57. The zero-order valence-electron chi connectivity index (χ0n) is 12.0. The van der Waals surface area contributed by atoms with Crippen LogP contribution in [0, 0.1) is 19.7 Å². The molecule has 3 rings (SSSR count). The molecule has 2 aromatic heterocycles. The Kier molecular flexibility index (Phi) is 3.01. The van der Waals surface area contributed by atoms with Gasteiger partial charge in [0.2, 0.25) is 0 Å². The summed E-state index contributed by atoms with van der Waals surface area (Å²) < 4.78 is 14.9. The van der Waals surface area contributed by atoms with E-state index in [1.807, 2.05) is 20.9 Å². The largest absolute Gasteiger partial charge is 0.351 e. The van der Waals surface area contributed by atoms with Gasteiger partial charge >= 0.3 is 0 Å². The minimum absolute atomic E-state index is 0.272. The quantitative estimate of drug-likeness (QED) is 0.761. The number of anilines is 1. The first-order chi connectivity index (χ1) is 9.95. The van der Waals surface area contributed by atoms with Crippen molar-refractivity contribution in [1.82, 2.24) is 14.8 Å². The van der Waals surface area contributed by atoms with Gasteiger partial charge in [0.1, 0.15) is 11.5 Å². The lowest BCUT2D eigenvalue weighted by Crippen LogP contribution is -2.13. The lowest BCUT2D eigenvalue weighted by molar-refractivity contribution is 0.102. The van der Waals surface area contributed by atoms with Crippen molar-refractivity contribution < 1.29 is 9.18 Å². The zero-order chi connectivity index (χ0) is 15.1. The number of amides is 1. The molecule has 2 heterocycles. The molecule has 1 amide bonds. The van der Waals surface area contributed by atoms with E-state index in [1.165, 1.54) is 12.1 Å². The number of aryl methyl sites for hydroxylation is 2. The number of aromatic nitrogens is 3. The molecule has 0 aliphatic heterocycles. The van der Waals surface area contributed by atoms with Gasteiger partial charge in [0.05, 0.1) is 17.1 Å². The van der Waals surface area contributed by atoms with Crippen LogP contribution in [-0.2, 0) is 7.05 Å². The molecule has 21 heavy (non-hydrogen) atoms. The van der Waals surface area contributed by atoms with Gasteiger partial charge in [0.15, 0.2) is 0 Å². The van der Waals surface area contributed by atoms with Crippen LogP contribution in [0.5, 0.6) is 0 Å². The van der Waals surface area contributed by atoms with E-state index < -0.39 is 0 Å².